The molecule has 1 N–H and O–H groups in total. The maximum atomic E-state index is 12.8. The van der Waals surface area contributed by atoms with E-state index in [-0.39, 0.29) is 5.76 Å². The molecule has 1 atom stereocenters. The van der Waals surface area contributed by atoms with Crippen molar-refractivity contribution in [3.63, 3.8) is 0 Å². The highest BCUT2D eigenvalue weighted by molar-refractivity contribution is 5.84. The first-order valence-electron chi connectivity index (χ1n) is 4.03. The summed E-state index contributed by atoms with van der Waals surface area (Å²) in [7, 11) is 0. The van der Waals surface area contributed by atoms with Crippen LogP contribution >= 0.6 is 0 Å². The molecule has 1 aliphatic heterocycles. The molecular formula is C10H7FO3. The summed E-state index contributed by atoms with van der Waals surface area (Å²) in [6, 6.07) is 5.50. The van der Waals surface area contributed by atoms with Crippen LogP contribution in [0.5, 0.6) is 0 Å². The standard InChI is InChI=1S/C10H7FO3/c11-7-3-1-2-6(4-7)9-8(12)5-14-10(9)13/h1-5,9,12H. The van der Waals surface area contributed by atoms with Crippen LogP contribution in [0.4, 0.5) is 4.39 Å². The smallest absolute Gasteiger partial charge is 0.326 e. The topological polar surface area (TPSA) is 46.5 Å². The van der Waals surface area contributed by atoms with E-state index in [9.17, 15) is 14.3 Å². The second-order valence-electron chi connectivity index (χ2n) is 2.97. The van der Waals surface area contributed by atoms with Crippen molar-refractivity contribution in [2.75, 3.05) is 0 Å². The highest BCUT2D eigenvalue weighted by Gasteiger charge is 2.31. The van der Waals surface area contributed by atoms with Crippen LogP contribution in [0.2, 0.25) is 0 Å². The van der Waals surface area contributed by atoms with Crippen molar-refractivity contribution in [1.29, 1.82) is 0 Å². The predicted molar refractivity (Wildman–Crippen MR) is 45.9 cm³/mol. The van der Waals surface area contributed by atoms with Gasteiger partial charge in [-0.1, -0.05) is 12.1 Å². The Labute approximate surface area is 79.4 Å². The zero-order chi connectivity index (χ0) is 10.1. The van der Waals surface area contributed by atoms with E-state index in [2.05, 4.69) is 4.74 Å². The molecule has 72 valence electrons. The van der Waals surface area contributed by atoms with Crippen LogP contribution in [0.25, 0.3) is 0 Å². The monoisotopic (exact) mass is 194 g/mol. The number of carbonyl (C=O) groups is 1. The lowest BCUT2D eigenvalue weighted by atomic mass is 9.99. The molecule has 0 spiro atoms. The van der Waals surface area contributed by atoms with Gasteiger partial charge in [0.05, 0.1) is 0 Å². The quantitative estimate of drug-likeness (QED) is 0.694. The van der Waals surface area contributed by atoms with Crippen LogP contribution in [0, 0.1) is 5.82 Å². The van der Waals surface area contributed by atoms with Gasteiger partial charge in [0.25, 0.3) is 0 Å². The number of hydrogen-bond acceptors (Lipinski definition) is 3. The van der Waals surface area contributed by atoms with Crippen LogP contribution in [-0.2, 0) is 9.53 Å². The number of rotatable bonds is 1. The fourth-order valence-corrected chi connectivity index (χ4v) is 1.37. The molecule has 1 aromatic carbocycles. The van der Waals surface area contributed by atoms with Crippen LogP contribution in [0.15, 0.2) is 36.3 Å². The number of esters is 1. The summed E-state index contributed by atoms with van der Waals surface area (Å²) in [5, 5.41) is 9.30. The molecule has 1 heterocycles. The Kier molecular flexibility index (Phi) is 1.96. The summed E-state index contributed by atoms with van der Waals surface area (Å²) in [5.74, 6) is -2.12. The van der Waals surface area contributed by atoms with Crippen LogP contribution < -0.4 is 0 Å². The molecule has 4 heteroatoms. The van der Waals surface area contributed by atoms with Crippen molar-refractivity contribution in [3.8, 4) is 0 Å². The first-order valence-corrected chi connectivity index (χ1v) is 4.03. The molecule has 1 aliphatic rings. The van der Waals surface area contributed by atoms with Gasteiger partial charge in [0, 0.05) is 0 Å². The highest BCUT2D eigenvalue weighted by atomic mass is 19.1. The van der Waals surface area contributed by atoms with E-state index in [1.165, 1.54) is 18.2 Å². The molecule has 2 rings (SSSR count). The summed E-state index contributed by atoms with van der Waals surface area (Å²) in [4.78, 5) is 11.1. The Balaban J connectivity index is 2.40. The largest absolute Gasteiger partial charge is 0.508 e. The number of cyclic esters (lactones) is 1. The van der Waals surface area contributed by atoms with Crippen molar-refractivity contribution in [2.24, 2.45) is 0 Å². The highest BCUT2D eigenvalue weighted by Crippen LogP contribution is 2.29. The molecule has 0 aromatic heterocycles. The fourth-order valence-electron chi connectivity index (χ4n) is 1.37. The minimum absolute atomic E-state index is 0.194. The molecule has 14 heavy (non-hydrogen) atoms. The Morgan fingerprint density at radius 3 is 2.79 bits per heavy atom. The molecule has 0 bridgehead atoms. The molecule has 0 aliphatic carbocycles. The molecule has 0 radical (unpaired) electrons. The van der Waals surface area contributed by atoms with Crippen molar-refractivity contribution in [3.05, 3.63) is 47.7 Å². The normalized spacial score (nSPS) is 20.5. The zero-order valence-electron chi connectivity index (χ0n) is 7.11. The SMILES string of the molecule is O=C1OC=C(O)C1c1cccc(F)c1. The number of halogens is 1. The van der Waals surface area contributed by atoms with Crippen molar-refractivity contribution < 1.29 is 19.0 Å². The van der Waals surface area contributed by atoms with Gasteiger partial charge in [0.15, 0.2) is 0 Å². The van der Waals surface area contributed by atoms with Crippen molar-refractivity contribution in [1.82, 2.24) is 0 Å². The number of aliphatic hydroxyl groups is 1. The lowest BCUT2D eigenvalue weighted by Gasteiger charge is -2.06. The Morgan fingerprint density at radius 2 is 2.21 bits per heavy atom. The minimum atomic E-state index is -0.884. The maximum Gasteiger partial charge on any atom is 0.326 e. The van der Waals surface area contributed by atoms with Crippen LogP contribution in [0.1, 0.15) is 11.5 Å². The van der Waals surface area contributed by atoms with E-state index in [0.29, 0.717) is 5.56 Å². The third-order valence-corrected chi connectivity index (χ3v) is 2.01. The van der Waals surface area contributed by atoms with E-state index in [0.717, 1.165) is 6.26 Å². The third kappa shape index (κ3) is 1.35. The summed E-state index contributed by atoms with van der Waals surface area (Å²) in [6.07, 6.45) is 0.970. The third-order valence-electron chi connectivity index (χ3n) is 2.01. The zero-order valence-corrected chi connectivity index (χ0v) is 7.11. The number of benzene rings is 1. The first kappa shape index (κ1) is 8.74. The first-order chi connectivity index (χ1) is 6.68. The van der Waals surface area contributed by atoms with Crippen LogP contribution in [0.3, 0.4) is 0 Å². The molecule has 0 fully saturated rings. The van der Waals surface area contributed by atoms with E-state index >= 15 is 0 Å². The average Bonchev–Trinajstić information content (AvgIpc) is 2.46. The maximum absolute atomic E-state index is 12.8. The van der Waals surface area contributed by atoms with Gasteiger partial charge in [-0.15, -0.1) is 0 Å². The van der Waals surface area contributed by atoms with Gasteiger partial charge in [-0.05, 0) is 17.7 Å². The molecule has 1 aromatic rings. The van der Waals surface area contributed by atoms with Gasteiger partial charge < -0.3 is 9.84 Å². The molecule has 0 amide bonds. The lowest BCUT2D eigenvalue weighted by molar-refractivity contribution is -0.136. The second-order valence-corrected chi connectivity index (χ2v) is 2.97. The summed E-state index contributed by atoms with van der Waals surface area (Å²) in [5.41, 5.74) is 0.390. The number of hydrogen-bond donors (Lipinski definition) is 1. The van der Waals surface area contributed by atoms with Gasteiger partial charge in [-0.3, -0.25) is 4.79 Å². The Bertz CT molecular complexity index is 412. The van der Waals surface area contributed by atoms with Gasteiger partial charge in [-0.2, -0.15) is 0 Å². The average molecular weight is 194 g/mol. The number of aliphatic hydroxyl groups excluding tert-OH is 1. The van der Waals surface area contributed by atoms with Gasteiger partial charge >= 0.3 is 5.97 Å². The van der Waals surface area contributed by atoms with Gasteiger partial charge in [-0.25, -0.2) is 4.39 Å². The van der Waals surface area contributed by atoms with E-state index < -0.39 is 17.7 Å². The fraction of sp³-hybridized carbons (Fsp3) is 0.100. The minimum Gasteiger partial charge on any atom is -0.508 e. The Hall–Kier alpha value is -1.84. The molecule has 0 saturated carbocycles. The number of ether oxygens (including phenoxy) is 1. The van der Waals surface area contributed by atoms with Gasteiger partial charge in [0.1, 0.15) is 23.8 Å². The number of carbonyl (C=O) groups excluding carboxylic acids is 1. The Morgan fingerprint density at radius 1 is 1.43 bits per heavy atom. The summed E-state index contributed by atoms with van der Waals surface area (Å²) < 4.78 is 17.3. The van der Waals surface area contributed by atoms with E-state index in [1.54, 1.807) is 6.07 Å². The molecular weight excluding hydrogens is 187 g/mol. The summed E-state index contributed by atoms with van der Waals surface area (Å²) in [6.45, 7) is 0. The molecule has 0 saturated heterocycles. The van der Waals surface area contributed by atoms with Crippen molar-refractivity contribution in [2.45, 2.75) is 5.92 Å². The predicted octanol–water partition coefficient (Wildman–Crippen LogP) is 1.87. The van der Waals surface area contributed by atoms with Crippen LogP contribution in [-0.4, -0.2) is 11.1 Å². The van der Waals surface area contributed by atoms with E-state index in [4.69, 9.17) is 0 Å². The molecule has 1 unspecified atom stereocenters. The summed E-state index contributed by atoms with van der Waals surface area (Å²) >= 11 is 0. The van der Waals surface area contributed by atoms with E-state index in [1.807, 2.05) is 0 Å². The molecule has 3 nitrogen and oxygen atoms in total. The van der Waals surface area contributed by atoms with Crippen molar-refractivity contribution >= 4 is 5.97 Å². The second kappa shape index (κ2) is 3.14. The lowest BCUT2D eigenvalue weighted by Crippen LogP contribution is -2.09. The van der Waals surface area contributed by atoms with Gasteiger partial charge in [0.2, 0.25) is 0 Å².